The Labute approximate surface area is 150 Å². The molecule has 26 heavy (non-hydrogen) atoms. The fourth-order valence-electron chi connectivity index (χ4n) is 2.59. The molecule has 0 saturated carbocycles. The highest BCUT2D eigenvalue weighted by atomic mass is 19.4. The molecule has 0 aliphatic rings. The predicted molar refractivity (Wildman–Crippen MR) is 93.7 cm³/mol. The van der Waals surface area contributed by atoms with Crippen molar-refractivity contribution in [2.24, 2.45) is 5.41 Å². The van der Waals surface area contributed by atoms with Crippen LogP contribution < -0.4 is 10.6 Å². The van der Waals surface area contributed by atoms with Crippen molar-refractivity contribution < 1.29 is 18.0 Å². The zero-order valence-electron chi connectivity index (χ0n) is 15.2. The number of hydrogen-bond donors (Lipinski definition) is 2. The molecule has 1 aromatic heterocycles. The van der Waals surface area contributed by atoms with Crippen LogP contribution in [0.4, 0.5) is 23.7 Å². The number of alkyl halides is 3. The van der Waals surface area contributed by atoms with E-state index in [-0.39, 0.29) is 0 Å². The predicted octanol–water partition coefficient (Wildman–Crippen LogP) is 4.83. The summed E-state index contributed by atoms with van der Waals surface area (Å²) >= 11 is 0. The van der Waals surface area contributed by atoms with Crippen molar-refractivity contribution in [2.75, 3.05) is 5.32 Å². The van der Waals surface area contributed by atoms with Gasteiger partial charge in [-0.05, 0) is 30.0 Å². The van der Waals surface area contributed by atoms with Gasteiger partial charge in [0, 0.05) is 12.7 Å². The molecule has 1 atom stereocenters. The smallest absolute Gasteiger partial charge is 0.331 e. The molecule has 2 amide bonds. The molecular weight excluding hydrogens is 345 g/mol. The van der Waals surface area contributed by atoms with Crippen LogP contribution in [-0.2, 0) is 12.7 Å². The standard InChI is InChI=1S/C18H23F3N4O/c1-5-25-11-14(10-22-25)23-16(26)24-15(17(2,3)4)12-7-6-8-13(9-12)18(19,20)21/h6-11,15H,5H2,1-4H3,(H2,23,24,26)/t15-/m0/s1. The van der Waals surface area contributed by atoms with E-state index in [4.69, 9.17) is 0 Å². The monoisotopic (exact) mass is 368 g/mol. The van der Waals surface area contributed by atoms with Crippen molar-refractivity contribution >= 4 is 11.7 Å². The summed E-state index contributed by atoms with van der Waals surface area (Å²) in [5.74, 6) is 0. The van der Waals surface area contributed by atoms with Gasteiger partial charge in [0.15, 0.2) is 0 Å². The Bertz CT molecular complexity index is 762. The van der Waals surface area contributed by atoms with Gasteiger partial charge in [-0.3, -0.25) is 4.68 Å². The first-order chi connectivity index (χ1) is 12.0. The van der Waals surface area contributed by atoms with Crippen LogP contribution in [0.25, 0.3) is 0 Å². The summed E-state index contributed by atoms with van der Waals surface area (Å²) in [6.45, 7) is 8.15. The summed E-state index contributed by atoms with van der Waals surface area (Å²) in [5, 5.41) is 9.49. The van der Waals surface area contributed by atoms with Gasteiger partial charge in [0.1, 0.15) is 0 Å². The van der Waals surface area contributed by atoms with Crippen molar-refractivity contribution in [2.45, 2.75) is 46.5 Å². The molecule has 1 aromatic carbocycles. The van der Waals surface area contributed by atoms with E-state index in [0.717, 1.165) is 12.1 Å². The van der Waals surface area contributed by atoms with Gasteiger partial charge in [-0.15, -0.1) is 0 Å². The van der Waals surface area contributed by atoms with E-state index in [1.807, 2.05) is 27.7 Å². The third-order valence-corrected chi connectivity index (χ3v) is 3.90. The Kier molecular flexibility index (Phi) is 5.63. The summed E-state index contributed by atoms with van der Waals surface area (Å²) < 4.78 is 40.7. The third-order valence-electron chi connectivity index (χ3n) is 3.90. The molecule has 0 spiro atoms. The van der Waals surface area contributed by atoms with Crippen molar-refractivity contribution in [1.82, 2.24) is 15.1 Å². The molecule has 2 aromatic rings. The molecule has 0 bridgehead atoms. The Hall–Kier alpha value is -2.51. The lowest BCUT2D eigenvalue weighted by Gasteiger charge is -2.32. The molecule has 8 heteroatoms. The number of amides is 2. The maximum Gasteiger partial charge on any atom is 0.416 e. The van der Waals surface area contributed by atoms with Crippen molar-refractivity contribution in [3.8, 4) is 0 Å². The largest absolute Gasteiger partial charge is 0.416 e. The van der Waals surface area contributed by atoms with Crippen LogP contribution in [0.2, 0.25) is 0 Å². The van der Waals surface area contributed by atoms with Crippen LogP contribution in [0, 0.1) is 5.41 Å². The zero-order chi connectivity index (χ0) is 19.5. The van der Waals surface area contributed by atoms with Gasteiger partial charge in [-0.25, -0.2) is 4.79 Å². The molecule has 0 aliphatic heterocycles. The maximum atomic E-state index is 13.0. The second-order valence-electron chi connectivity index (χ2n) is 7.11. The Morgan fingerprint density at radius 3 is 2.50 bits per heavy atom. The normalized spacial score (nSPS) is 13.3. The molecule has 0 unspecified atom stereocenters. The number of benzene rings is 1. The number of hydrogen-bond acceptors (Lipinski definition) is 2. The minimum Gasteiger partial charge on any atom is -0.331 e. The SMILES string of the molecule is CCn1cc(NC(=O)N[C@@H](c2cccc(C(F)(F)F)c2)C(C)(C)C)cn1. The van der Waals surface area contributed by atoms with E-state index in [2.05, 4.69) is 15.7 Å². The number of carbonyl (C=O) groups is 1. The number of halogens is 3. The number of aromatic nitrogens is 2. The first-order valence-electron chi connectivity index (χ1n) is 8.28. The highest BCUT2D eigenvalue weighted by Crippen LogP contribution is 2.36. The molecule has 0 fully saturated rings. The minimum atomic E-state index is -4.44. The van der Waals surface area contributed by atoms with E-state index in [9.17, 15) is 18.0 Å². The lowest BCUT2D eigenvalue weighted by atomic mass is 9.82. The number of urea groups is 1. The van der Waals surface area contributed by atoms with E-state index in [0.29, 0.717) is 17.8 Å². The molecule has 2 rings (SSSR count). The number of carbonyl (C=O) groups excluding carboxylic acids is 1. The summed E-state index contributed by atoms with van der Waals surface area (Å²) in [6, 6.07) is 3.92. The van der Waals surface area contributed by atoms with E-state index >= 15 is 0 Å². The quantitative estimate of drug-likeness (QED) is 0.812. The first-order valence-corrected chi connectivity index (χ1v) is 8.28. The second kappa shape index (κ2) is 7.39. The molecular formula is C18H23F3N4O. The van der Waals surface area contributed by atoms with Gasteiger partial charge in [0.25, 0.3) is 0 Å². The molecule has 142 valence electrons. The number of nitrogens with one attached hydrogen (secondary N) is 2. The Morgan fingerprint density at radius 2 is 1.96 bits per heavy atom. The third kappa shape index (κ3) is 5.00. The van der Waals surface area contributed by atoms with E-state index in [1.54, 1.807) is 16.9 Å². The lowest BCUT2D eigenvalue weighted by molar-refractivity contribution is -0.137. The molecule has 0 radical (unpaired) electrons. The molecule has 0 saturated heterocycles. The molecule has 0 aliphatic carbocycles. The van der Waals surface area contributed by atoms with Crippen LogP contribution in [0.5, 0.6) is 0 Å². The maximum absolute atomic E-state index is 13.0. The van der Waals surface area contributed by atoms with Crippen molar-refractivity contribution in [1.29, 1.82) is 0 Å². The van der Waals surface area contributed by atoms with Gasteiger partial charge >= 0.3 is 12.2 Å². The van der Waals surface area contributed by atoms with Crippen LogP contribution in [0.1, 0.15) is 44.9 Å². The number of anilines is 1. The number of rotatable bonds is 4. The van der Waals surface area contributed by atoms with Gasteiger partial charge in [0.2, 0.25) is 0 Å². The number of nitrogens with zero attached hydrogens (tertiary/aromatic N) is 2. The minimum absolute atomic E-state index is 0.395. The van der Waals surface area contributed by atoms with Crippen LogP contribution in [0.3, 0.4) is 0 Å². The Balaban J connectivity index is 2.21. The highest BCUT2D eigenvalue weighted by molar-refractivity contribution is 5.89. The first kappa shape index (κ1) is 19.8. The highest BCUT2D eigenvalue weighted by Gasteiger charge is 2.33. The fraction of sp³-hybridized carbons (Fsp3) is 0.444. The zero-order valence-corrected chi connectivity index (χ0v) is 15.2. The van der Waals surface area contributed by atoms with Crippen LogP contribution in [-0.4, -0.2) is 15.8 Å². The summed E-state index contributed by atoms with van der Waals surface area (Å²) in [7, 11) is 0. The Morgan fingerprint density at radius 1 is 1.27 bits per heavy atom. The summed E-state index contributed by atoms with van der Waals surface area (Å²) in [5.41, 5.74) is -0.321. The van der Waals surface area contributed by atoms with Gasteiger partial charge in [-0.1, -0.05) is 32.9 Å². The lowest BCUT2D eigenvalue weighted by Crippen LogP contribution is -2.39. The van der Waals surface area contributed by atoms with Crippen LogP contribution >= 0.6 is 0 Å². The second-order valence-corrected chi connectivity index (χ2v) is 7.11. The van der Waals surface area contributed by atoms with Gasteiger partial charge < -0.3 is 10.6 Å². The topological polar surface area (TPSA) is 59.0 Å². The van der Waals surface area contributed by atoms with Gasteiger partial charge in [0.05, 0.1) is 23.5 Å². The molecule has 5 nitrogen and oxygen atoms in total. The number of aryl methyl sites for hydroxylation is 1. The summed E-state index contributed by atoms with van der Waals surface area (Å²) in [6.07, 6.45) is -1.25. The van der Waals surface area contributed by atoms with Crippen molar-refractivity contribution in [3.63, 3.8) is 0 Å². The fourth-order valence-corrected chi connectivity index (χ4v) is 2.59. The average Bonchev–Trinajstić information content (AvgIpc) is 2.98. The van der Waals surface area contributed by atoms with Gasteiger partial charge in [-0.2, -0.15) is 18.3 Å². The van der Waals surface area contributed by atoms with Crippen molar-refractivity contribution in [3.05, 3.63) is 47.8 Å². The van der Waals surface area contributed by atoms with E-state index in [1.165, 1.54) is 12.3 Å². The van der Waals surface area contributed by atoms with E-state index < -0.39 is 29.2 Å². The average molecular weight is 368 g/mol. The summed E-state index contributed by atoms with van der Waals surface area (Å²) in [4.78, 5) is 12.3. The van der Waals surface area contributed by atoms with Crippen LogP contribution in [0.15, 0.2) is 36.7 Å². The molecule has 1 heterocycles. The molecule has 2 N–H and O–H groups in total.